The Kier molecular flexibility index (Phi) is 3.70. The lowest BCUT2D eigenvalue weighted by molar-refractivity contribution is -0.118. The van der Waals surface area contributed by atoms with Crippen LogP contribution in [0.15, 0.2) is 24.3 Å². The average molecular weight is 339 g/mol. The maximum absolute atomic E-state index is 12.5. The summed E-state index contributed by atoms with van der Waals surface area (Å²) in [6.45, 7) is 3.84. The Morgan fingerprint density at radius 2 is 2.00 bits per heavy atom. The minimum atomic E-state index is -3.65. The number of aromatic nitrogens is 1. The first-order valence-electron chi connectivity index (χ1n) is 6.99. The first-order chi connectivity index (χ1) is 10.3. The molecule has 1 N–H and O–H groups in total. The number of hydrogen-bond donors (Lipinski definition) is 1. The van der Waals surface area contributed by atoms with Crippen LogP contribution in [0.4, 0.5) is 5.13 Å². The molecule has 0 atom stereocenters. The highest BCUT2D eigenvalue weighted by atomic mass is 32.2. The molecule has 3 rings (SSSR count). The Bertz CT molecular complexity index is 790. The van der Waals surface area contributed by atoms with E-state index in [0.717, 1.165) is 16.6 Å². The Morgan fingerprint density at radius 3 is 2.59 bits per heavy atom. The Labute approximate surface area is 133 Å². The molecule has 8 heteroatoms. The fraction of sp³-hybridized carbons (Fsp3) is 0.429. The van der Waals surface area contributed by atoms with Crippen LogP contribution in [0.5, 0.6) is 0 Å². The molecule has 1 aromatic carbocycles. The second kappa shape index (κ2) is 5.29. The average Bonchev–Trinajstić information content (AvgIpc) is 2.77. The summed E-state index contributed by atoms with van der Waals surface area (Å²) in [6.07, 6.45) is 0.842. The second-order valence-corrected chi connectivity index (χ2v) is 9.23. The number of nitrogens with one attached hydrogen (secondary N) is 1. The van der Waals surface area contributed by atoms with Gasteiger partial charge in [-0.3, -0.25) is 4.79 Å². The molecule has 0 aliphatic carbocycles. The third-order valence-electron chi connectivity index (χ3n) is 3.86. The highest BCUT2D eigenvalue weighted by Gasteiger charge is 2.47. The van der Waals surface area contributed by atoms with E-state index in [4.69, 9.17) is 0 Å². The SMILES string of the molecule is CC(C)(C(=O)Nc1nc2ccccc2s1)S(=O)(=O)N1CCC1. The topological polar surface area (TPSA) is 79.4 Å². The van der Waals surface area contributed by atoms with Crippen molar-refractivity contribution in [1.82, 2.24) is 9.29 Å². The van der Waals surface area contributed by atoms with Crippen LogP contribution in [0.3, 0.4) is 0 Å². The second-order valence-electron chi connectivity index (χ2n) is 5.71. The van der Waals surface area contributed by atoms with E-state index < -0.39 is 20.7 Å². The summed E-state index contributed by atoms with van der Waals surface area (Å²) in [6, 6.07) is 7.52. The smallest absolute Gasteiger partial charge is 0.248 e. The van der Waals surface area contributed by atoms with Crippen molar-refractivity contribution in [1.29, 1.82) is 0 Å². The van der Waals surface area contributed by atoms with Crippen molar-refractivity contribution in [2.45, 2.75) is 25.0 Å². The van der Waals surface area contributed by atoms with E-state index in [1.165, 1.54) is 29.5 Å². The van der Waals surface area contributed by atoms with Crippen LogP contribution < -0.4 is 5.32 Å². The number of thiazole rings is 1. The van der Waals surface area contributed by atoms with Crippen molar-refractivity contribution < 1.29 is 13.2 Å². The number of carbonyl (C=O) groups is 1. The molecule has 0 bridgehead atoms. The molecule has 0 radical (unpaired) electrons. The number of anilines is 1. The molecule has 0 spiro atoms. The van der Waals surface area contributed by atoms with Crippen LogP contribution in [0.2, 0.25) is 0 Å². The summed E-state index contributed by atoms with van der Waals surface area (Å²) in [5, 5.41) is 3.06. The molecule has 22 heavy (non-hydrogen) atoms. The highest BCUT2D eigenvalue weighted by Crippen LogP contribution is 2.29. The fourth-order valence-electron chi connectivity index (χ4n) is 2.14. The molecule has 118 valence electrons. The van der Waals surface area contributed by atoms with Crippen molar-refractivity contribution in [3.05, 3.63) is 24.3 Å². The minimum Gasteiger partial charge on any atom is -0.301 e. The van der Waals surface area contributed by atoms with Gasteiger partial charge in [-0.1, -0.05) is 23.5 Å². The van der Waals surface area contributed by atoms with Crippen LogP contribution in [-0.4, -0.2) is 41.5 Å². The van der Waals surface area contributed by atoms with Gasteiger partial charge in [0.15, 0.2) is 9.88 Å². The maximum Gasteiger partial charge on any atom is 0.248 e. The zero-order chi connectivity index (χ0) is 16.0. The van der Waals surface area contributed by atoms with Crippen molar-refractivity contribution in [3.8, 4) is 0 Å². The molecule has 0 saturated carbocycles. The highest BCUT2D eigenvalue weighted by molar-refractivity contribution is 7.91. The number of rotatable bonds is 4. The van der Waals surface area contributed by atoms with E-state index in [0.29, 0.717) is 18.2 Å². The van der Waals surface area contributed by atoms with E-state index in [2.05, 4.69) is 10.3 Å². The molecule has 1 saturated heterocycles. The quantitative estimate of drug-likeness (QED) is 0.924. The molecule has 2 heterocycles. The van der Waals surface area contributed by atoms with Gasteiger partial charge in [-0.05, 0) is 32.4 Å². The third-order valence-corrected chi connectivity index (χ3v) is 7.33. The summed E-state index contributed by atoms with van der Waals surface area (Å²) < 4.78 is 25.7. The lowest BCUT2D eigenvalue weighted by Gasteiger charge is -2.36. The lowest BCUT2D eigenvalue weighted by atomic mass is 10.2. The van der Waals surface area contributed by atoms with Gasteiger partial charge in [-0.15, -0.1) is 0 Å². The molecule has 2 aromatic rings. The summed E-state index contributed by atoms with van der Waals surface area (Å²) in [4.78, 5) is 16.8. The van der Waals surface area contributed by atoms with Gasteiger partial charge in [0.05, 0.1) is 10.2 Å². The number of para-hydroxylation sites is 1. The van der Waals surface area contributed by atoms with E-state index >= 15 is 0 Å². The number of amides is 1. The van der Waals surface area contributed by atoms with Crippen LogP contribution in [0.25, 0.3) is 10.2 Å². The number of sulfonamides is 1. The molecule has 0 unspecified atom stereocenters. The van der Waals surface area contributed by atoms with Gasteiger partial charge < -0.3 is 5.32 Å². The predicted octanol–water partition coefficient (Wildman–Crippen LogP) is 2.05. The minimum absolute atomic E-state index is 0.415. The summed E-state index contributed by atoms with van der Waals surface area (Å²) >= 11 is 1.33. The summed E-state index contributed by atoms with van der Waals surface area (Å²) in [5.74, 6) is -0.557. The van der Waals surface area contributed by atoms with Crippen LogP contribution in [0.1, 0.15) is 20.3 Å². The van der Waals surface area contributed by atoms with Crippen LogP contribution in [-0.2, 0) is 14.8 Å². The van der Waals surface area contributed by atoms with Crippen molar-refractivity contribution in [3.63, 3.8) is 0 Å². The molecule has 6 nitrogen and oxygen atoms in total. The van der Waals surface area contributed by atoms with E-state index in [9.17, 15) is 13.2 Å². The summed E-state index contributed by atoms with van der Waals surface area (Å²) in [5.41, 5.74) is 0.784. The fourth-order valence-corrected chi connectivity index (χ4v) is 4.67. The molecule has 1 aliphatic heterocycles. The number of benzene rings is 1. The van der Waals surface area contributed by atoms with Gasteiger partial charge >= 0.3 is 0 Å². The molecule has 1 aliphatic rings. The predicted molar refractivity (Wildman–Crippen MR) is 87.4 cm³/mol. The van der Waals surface area contributed by atoms with Gasteiger partial charge in [-0.2, -0.15) is 0 Å². The Morgan fingerprint density at radius 1 is 1.32 bits per heavy atom. The Hall–Kier alpha value is -1.51. The largest absolute Gasteiger partial charge is 0.301 e. The normalized spacial score (nSPS) is 16.5. The first-order valence-corrected chi connectivity index (χ1v) is 9.25. The molecule has 1 fully saturated rings. The molecular formula is C14H17N3O3S2. The Balaban J connectivity index is 1.83. The molecule has 1 amide bonds. The van der Waals surface area contributed by atoms with Gasteiger partial charge in [-0.25, -0.2) is 17.7 Å². The zero-order valence-corrected chi connectivity index (χ0v) is 14.0. The standard InChI is InChI=1S/C14H17N3O3S2/c1-14(2,22(19,20)17-8-5-9-17)12(18)16-13-15-10-6-3-4-7-11(10)21-13/h3-4,6-7H,5,8-9H2,1-2H3,(H,15,16,18). The van der Waals surface area contributed by atoms with E-state index in [-0.39, 0.29) is 0 Å². The molecule has 1 aromatic heterocycles. The third kappa shape index (κ3) is 2.41. The van der Waals surface area contributed by atoms with E-state index in [1.807, 2.05) is 24.3 Å². The van der Waals surface area contributed by atoms with Gasteiger partial charge in [0.1, 0.15) is 0 Å². The number of hydrogen-bond acceptors (Lipinski definition) is 5. The lowest BCUT2D eigenvalue weighted by Crippen LogP contribution is -2.55. The first kappa shape index (κ1) is 15.4. The van der Waals surface area contributed by atoms with E-state index in [1.54, 1.807) is 0 Å². The monoisotopic (exact) mass is 339 g/mol. The van der Waals surface area contributed by atoms with Gasteiger partial charge in [0.25, 0.3) is 0 Å². The number of nitrogens with zero attached hydrogens (tertiary/aromatic N) is 2. The van der Waals surface area contributed by atoms with Crippen molar-refractivity contribution in [2.75, 3.05) is 18.4 Å². The van der Waals surface area contributed by atoms with Gasteiger partial charge in [0, 0.05) is 13.1 Å². The van der Waals surface area contributed by atoms with Crippen molar-refractivity contribution in [2.24, 2.45) is 0 Å². The maximum atomic E-state index is 12.5. The van der Waals surface area contributed by atoms with Crippen LogP contribution in [0, 0.1) is 0 Å². The number of fused-ring (bicyclic) bond motifs is 1. The zero-order valence-electron chi connectivity index (χ0n) is 12.4. The summed E-state index contributed by atoms with van der Waals surface area (Å²) in [7, 11) is -3.65. The van der Waals surface area contributed by atoms with Crippen LogP contribution >= 0.6 is 11.3 Å². The van der Waals surface area contributed by atoms with Gasteiger partial charge in [0.2, 0.25) is 15.9 Å². The molecular weight excluding hydrogens is 322 g/mol. The van der Waals surface area contributed by atoms with Crippen molar-refractivity contribution >= 4 is 42.6 Å². The number of carbonyl (C=O) groups excluding carboxylic acids is 1.